The molecule has 0 spiro atoms. The highest BCUT2D eigenvalue weighted by atomic mass is 32.2. The molecule has 5 heteroatoms. The van der Waals surface area contributed by atoms with Crippen molar-refractivity contribution in [1.82, 2.24) is 0 Å². The summed E-state index contributed by atoms with van der Waals surface area (Å²) in [5.74, 6) is -0.149. The number of rotatable bonds is 6. The fourth-order valence-corrected chi connectivity index (χ4v) is 6.28. The molecule has 2 aromatic carbocycles. The molecule has 0 saturated heterocycles. The summed E-state index contributed by atoms with van der Waals surface area (Å²) in [6.45, 7) is 4.56. The van der Waals surface area contributed by atoms with E-state index in [2.05, 4.69) is 0 Å². The lowest BCUT2D eigenvalue weighted by Crippen LogP contribution is -2.28. The van der Waals surface area contributed by atoms with Crippen LogP contribution in [0.2, 0.25) is 0 Å². The highest BCUT2D eigenvalue weighted by molar-refractivity contribution is 7.92. The first-order valence-electron chi connectivity index (χ1n) is 8.43. The second-order valence-electron chi connectivity index (χ2n) is 7.04. The molecule has 1 fully saturated rings. The third-order valence-corrected chi connectivity index (χ3v) is 7.63. The Morgan fingerprint density at radius 1 is 1.00 bits per heavy atom. The summed E-state index contributed by atoms with van der Waals surface area (Å²) >= 11 is 0. The van der Waals surface area contributed by atoms with Crippen molar-refractivity contribution in [2.24, 2.45) is 11.1 Å². The minimum absolute atomic E-state index is 0.149. The number of ether oxygens (including phenoxy) is 1. The number of nitrogens with two attached hydrogens (primary N) is 1. The summed E-state index contributed by atoms with van der Waals surface area (Å²) < 4.78 is 32.0. The van der Waals surface area contributed by atoms with Crippen LogP contribution in [-0.4, -0.2) is 33.9 Å². The Morgan fingerprint density at radius 3 is 2.00 bits per heavy atom. The van der Waals surface area contributed by atoms with Crippen molar-refractivity contribution in [3.8, 4) is 0 Å². The minimum Gasteiger partial charge on any atom is -0.384 e. The quantitative estimate of drug-likeness (QED) is 0.861. The molecule has 0 heterocycles. The number of hydrogen-bond acceptors (Lipinski definition) is 4. The Morgan fingerprint density at radius 2 is 1.52 bits per heavy atom. The maximum absolute atomic E-state index is 13.3. The van der Waals surface area contributed by atoms with Gasteiger partial charge < -0.3 is 10.5 Å². The van der Waals surface area contributed by atoms with E-state index in [1.165, 1.54) is 0 Å². The minimum atomic E-state index is -3.49. The Bertz CT molecular complexity index is 844. The number of methoxy groups -OCH3 is 1. The molecule has 0 aliphatic heterocycles. The lowest BCUT2D eigenvalue weighted by molar-refractivity contribution is 0.142. The maximum atomic E-state index is 13.3. The molecule has 25 heavy (non-hydrogen) atoms. The Hall–Kier alpha value is -1.69. The number of hydrogen-bond donors (Lipinski definition) is 1. The largest absolute Gasteiger partial charge is 0.384 e. The molecule has 0 aromatic heterocycles. The average Bonchev–Trinajstić information content (AvgIpc) is 3.26. The van der Waals surface area contributed by atoms with E-state index in [0.29, 0.717) is 11.5 Å². The van der Waals surface area contributed by atoms with Gasteiger partial charge in [-0.25, -0.2) is 8.42 Å². The predicted molar refractivity (Wildman–Crippen MR) is 99.4 cm³/mol. The standard InChI is InChI=1S/C20H25NO3S/c1-14-4-8-16(9-5-14)18-19(20(18,12-21)13-24-3)25(22,23)17-10-6-15(2)7-11-17/h4-11,18-19H,12-13,21H2,1-3H3/t18-,19-,20+/m0/s1. The van der Waals surface area contributed by atoms with Crippen molar-refractivity contribution in [2.75, 3.05) is 20.3 Å². The molecule has 1 saturated carbocycles. The van der Waals surface area contributed by atoms with Gasteiger partial charge in [-0.15, -0.1) is 0 Å². The molecule has 0 amide bonds. The molecule has 1 aliphatic carbocycles. The highest BCUT2D eigenvalue weighted by Crippen LogP contribution is 2.63. The van der Waals surface area contributed by atoms with Gasteiger partial charge in [-0.05, 0) is 31.5 Å². The van der Waals surface area contributed by atoms with Crippen molar-refractivity contribution in [1.29, 1.82) is 0 Å². The van der Waals surface area contributed by atoms with Crippen LogP contribution in [0.15, 0.2) is 53.4 Å². The molecule has 0 unspecified atom stereocenters. The molecule has 0 bridgehead atoms. The van der Waals surface area contributed by atoms with Crippen LogP contribution in [-0.2, 0) is 14.6 Å². The molecular formula is C20H25NO3S. The molecule has 1 aliphatic rings. The summed E-state index contributed by atoms with van der Waals surface area (Å²) in [7, 11) is -1.90. The molecule has 4 nitrogen and oxygen atoms in total. The van der Waals surface area contributed by atoms with Crippen LogP contribution in [0.1, 0.15) is 22.6 Å². The Kier molecular flexibility index (Phi) is 4.75. The molecule has 3 atom stereocenters. The van der Waals surface area contributed by atoms with Crippen LogP contribution in [0.5, 0.6) is 0 Å². The maximum Gasteiger partial charge on any atom is 0.182 e. The SMILES string of the molecule is COC[C@]1(CN)[C@@H](c2ccc(C)cc2)[C@@H]1S(=O)(=O)c1ccc(C)cc1. The Labute approximate surface area is 149 Å². The zero-order valence-electron chi connectivity index (χ0n) is 14.9. The van der Waals surface area contributed by atoms with E-state index in [-0.39, 0.29) is 12.5 Å². The Balaban J connectivity index is 2.05. The third-order valence-electron chi connectivity index (χ3n) is 5.29. The molecule has 134 valence electrons. The normalized spacial score (nSPS) is 25.8. The van der Waals surface area contributed by atoms with Crippen LogP contribution in [0.4, 0.5) is 0 Å². The summed E-state index contributed by atoms with van der Waals surface area (Å²) in [5, 5.41) is -0.560. The van der Waals surface area contributed by atoms with E-state index in [1.54, 1.807) is 19.2 Å². The summed E-state index contributed by atoms with van der Waals surface area (Å²) in [4.78, 5) is 0.353. The van der Waals surface area contributed by atoms with E-state index in [1.807, 2.05) is 50.2 Å². The predicted octanol–water partition coefficient (Wildman–Crippen LogP) is 2.83. The second-order valence-corrected chi connectivity index (χ2v) is 9.11. The molecule has 2 aromatic rings. The number of benzene rings is 2. The van der Waals surface area contributed by atoms with Gasteiger partial charge in [0, 0.05) is 25.0 Å². The average molecular weight is 359 g/mol. The highest BCUT2D eigenvalue weighted by Gasteiger charge is 2.70. The second kappa shape index (κ2) is 6.56. The van der Waals surface area contributed by atoms with Gasteiger partial charge in [0.05, 0.1) is 16.8 Å². The summed E-state index contributed by atoms with van der Waals surface area (Å²) in [6.07, 6.45) is 0. The molecule has 2 N–H and O–H groups in total. The fourth-order valence-electron chi connectivity index (χ4n) is 3.84. The molecule has 0 radical (unpaired) electrons. The van der Waals surface area contributed by atoms with Crippen molar-refractivity contribution in [3.05, 3.63) is 65.2 Å². The first-order chi connectivity index (χ1) is 11.9. The lowest BCUT2D eigenvalue weighted by Gasteiger charge is -2.15. The van der Waals surface area contributed by atoms with E-state index in [4.69, 9.17) is 10.5 Å². The van der Waals surface area contributed by atoms with Gasteiger partial charge in [0.1, 0.15) is 0 Å². The van der Waals surface area contributed by atoms with Gasteiger partial charge in [-0.2, -0.15) is 0 Å². The van der Waals surface area contributed by atoms with Gasteiger partial charge in [-0.1, -0.05) is 47.5 Å². The first kappa shape index (κ1) is 18.1. The smallest absolute Gasteiger partial charge is 0.182 e. The van der Waals surface area contributed by atoms with Crippen LogP contribution in [0, 0.1) is 19.3 Å². The number of sulfone groups is 1. The first-order valence-corrected chi connectivity index (χ1v) is 9.97. The zero-order chi connectivity index (χ0) is 18.2. The van der Waals surface area contributed by atoms with Gasteiger partial charge in [-0.3, -0.25) is 0 Å². The number of aryl methyl sites for hydroxylation is 2. The van der Waals surface area contributed by atoms with Crippen LogP contribution in [0.3, 0.4) is 0 Å². The van der Waals surface area contributed by atoms with E-state index in [0.717, 1.165) is 16.7 Å². The third kappa shape index (κ3) is 3.01. The van der Waals surface area contributed by atoms with E-state index >= 15 is 0 Å². The van der Waals surface area contributed by atoms with Crippen LogP contribution in [0.25, 0.3) is 0 Å². The van der Waals surface area contributed by atoms with Crippen molar-refractivity contribution in [2.45, 2.75) is 29.9 Å². The van der Waals surface area contributed by atoms with Gasteiger partial charge in [0.2, 0.25) is 0 Å². The molecular weight excluding hydrogens is 334 g/mol. The zero-order valence-corrected chi connectivity index (χ0v) is 15.7. The van der Waals surface area contributed by atoms with Crippen molar-refractivity contribution < 1.29 is 13.2 Å². The van der Waals surface area contributed by atoms with Gasteiger partial charge >= 0.3 is 0 Å². The summed E-state index contributed by atoms with van der Waals surface area (Å²) in [6, 6.07) is 15.1. The van der Waals surface area contributed by atoms with E-state index < -0.39 is 20.5 Å². The van der Waals surface area contributed by atoms with Crippen LogP contribution >= 0.6 is 0 Å². The van der Waals surface area contributed by atoms with Gasteiger partial charge in [0.25, 0.3) is 0 Å². The lowest BCUT2D eigenvalue weighted by atomic mass is 9.99. The monoisotopic (exact) mass is 359 g/mol. The van der Waals surface area contributed by atoms with E-state index in [9.17, 15) is 8.42 Å². The molecule has 3 rings (SSSR count). The topological polar surface area (TPSA) is 69.4 Å². The van der Waals surface area contributed by atoms with Crippen molar-refractivity contribution >= 4 is 9.84 Å². The van der Waals surface area contributed by atoms with Crippen LogP contribution < -0.4 is 5.73 Å². The van der Waals surface area contributed by atoms with Gasteiger partial charge in [0.15, 0.2) is 9.84 Å². The summed E-state index contributed by atoms with van der Waals surface area (Å²) in [5.41, 5.74) is 8.67. The van der Waals surface area contributed by atoms with Crippen molar-refractivity contribution in [3.63, 3.8) is 0 Å². The fraction of sp³-hybridized carbons (Fsp3) is 0.400.